The number of nitrogens with one attached hydrogen (secondary N) is 1. The maximum Gasteiger partial charge on any atom is 0.137 e. The predicted molar refractivity (Wildman–Crippen MR) is 90.1 cm³/mol. The zero-order chi connectivity index (χ0) is 15.4. The van der Waals surface area contributed by atoms with Crippen molar-refractivity contribution in [2.24, 2.45) is 5.92 Å². The number of hydrogen-bond acceptors (Lipinski definition) is 4. The number of aromatic nitrogens is 2. The SMILES string of the molecule is CNc1ncnc(N(CC(C)C)C2CCCC2)c1C(C)C. The average molecular weight is 290 g/mol. The van der Waals surface area contributed by atoms with Crippen LogP contribution in [0, 0.1) is 5.92 Å². The van der Waals surface area contributed by atoms with E-state index in [1.54, 1.807) is 6.33 Å². The van der Waals surface area contributed by atoms with E-state index in [4.69, 9.17) is 0 Å². The van der Waals surface area contributed by atoms with Crippen molar-refractivity contribution in [3.05, 3.63) is 11.9 Å². The first-order valence-electron chi connectivity index (χ1n) is 8.33. The molecule has 4 nitrogen and oxygen atoms in total. The molecule has 0 saturated heterocycles. The van der Waals surface area contributed by atoms with Gasteiger partial charge in [0.15, 0.2) is 0 Å². The fraction of sp³-hybridized carbons (Fsp3) is 0.765. The molecule has 21 heavy (non-hydrogen) atoms. The fourth-order valence-electron chi connectivity index (χ4n) is 3.36. The summed E-state index contributed by atoms with van der Waals surface area (Å²) < 4.78 is 0. The third-order valence-electron chi connectivity index (χ3n) is 4.28. The summed E-state index contributed by atoms with van der Waals surface area (Å²) in [5.74, 6) is 3.17. The van der Waals surface area contributed by atoms with Crippen molar-refractivity contribution >= 4 is 11.6 Å². The van der Waals surface area contributed by atoms with Crippen LogP contribution in [-0.4, -0.2) is 29.6 Å². The van der Waals surface area contributed by atoms with Gasteiger partial charge >= 0.3 is 0 Å². The maximum atomic E-state index is 4.68. The molecule has 1 heterocycles. The van der Waals surface area contributed by atoms with Gasteiger partial charge < -0.3 is 10.2 Å². The quantitative estimate of drug-likeness (QED) is 0.858. The molecule has 4 heteroatoms. The molecule has 1 aliphatic rings. The van der Waals surface area contributed by atoms with E-state index in [-0.39, 0.29) is 0 Å². The first-order chi connectivity index (χ1) is 10.0. The van der Waals surface area contributed by atoms with Crippen LogP contribution >= 0.6 is 0 Å². The topological polar surface area (TPSA) is 41.1 Å². The van der Waals surface area contributed by atoms with Crippen LogP contribution < -0.4 is 10.2 Å². The van der Waals surface area contributed by atoms with Gasteiger partial charge in [0.05, 0.1) is 0 Å². The number of nitrogens with zero attached hydrogens (tertiary/aromatic N) is 3. The summed E-state index contributed by atoms with van der Waals surface area (Å²) in [6.45, 7) is 10.1. The zero-order valence-corrected chi connectivity index (χ0v) is 14.2. The summed E-state index contributed by atoms with van der Waals surface area (Å²) >= 11 is 0. The molecule has 1 aromatic rings. The van der Waals surface area contributed by atoms with Gasteiger partial charge in [-0.05, 0) is 24.7 Å². The first kappa shape index (κ1) is 16.1. The largest absolute Gasteiger partial charge is 0.373 e. The van der Waals surface area contributed by atoms with Crippen molar-refractivity contribution in [3.8, 4) is 0 Å². The highest BCUT2D eigenvalue weighted by molar-refractivity contribution is 5.60. The molecule has 0 aliphatic heterocycles. The molecule has 118 valence electrons. The highest BCUT2D eigenvalue weighted by Crippen LogP contribution is 2.35. The van der Waals surface area contributed by atoms with Crippen LogP contribution in [0.5, 0.6) is 0 Å². The van der Waals surface area contributed by atoms with Crippen LogP contribution in [-0.2, 0) is 0 Å². The van der Waals surface area contributed by atoms with Crippen LogP contribution in [0.25, 0.3) is 0 Å². The summed E-state index contributed by atoms with van der Waals surface area (Å²) in [4.78, 5) is 11.7. The van der Waals surface area contributed by atoms with Gasteiger partial charge in [-0.15, -0.1) is 0 Å². The van der Waals surface area contributed by atoms with Gasteiger partial charge in [0.25, 0.3) is 0 Å². The Bertz CT molecular complexity index is 450. The molecule has 1 fully saturated rings. The van der Waals surface area contributed by atoms with Gasteiger partial charge in [0, 0.05) is 25.2 Å². The molecule has 1 N–H and O–H groups in total. The van der Waals surface area contributed by atoms with Crippen LogP contribution in [0.15, 0.2) is 6.33 Å². The van der Waals surface area contributed by atoms with Crippen LogP contribution in [0.3, 0.4) is 0 Å². The summed E-state index contributed by atoms with van der Waals surface area (Å²) in [7, 11) is 1.94. The van der Waals surface area contributed by atoms with Crippen LogP contribution in [0.4, 0.5) is 11.6 Å². The summed E-state index contributed by atoms with van der Waals surface area (Å²) in [5.41, 5.74) is 1.26. The second kappa shape index (κ2) is 7.10. The summed E-state index contributed by atoms with van der Waals surface area (Å²) in [6.07, 6.45) is 6.99. The molecule has 0 unspecified atom stereocenters. The predicted octanol–water partition coefficient (Wildman–Crippen LogP) is 4.05. The summed E-state index contributed by atoms with van der Waals surface area (Å²) in [6, 6.07) is 0.643. The smallest absolute Gasteiger partial charge is 0.137 e. The maximum absolute atomic E-state index is 4.68. The summed E-state index contributed by atoms with van der Waals surface area (Å²) in [5, 5.41) is 3.24. The lowest BCUT2D eigenvalue weighted by molar-refractivity contribution is 0.528. The first-order valence-corrected chi connectivity index (χ1v) is 8.33. The van der Waals surface area contributed by atoms with Gasteiger partial charge in [-0.3, -0.25) is 0 Å². The van der Waals surface area contributed by atoms with Crippen molar-refractivity contribution < 1.29 is 0 Å². The van der Waals surface area contributed by atoms with Crippen molar-refractivity contribution in [1.29, 1.82) is 0 Å². The minimum Gasteiger partial charge on any atom is -0.373 e. The van der Waals surface area contributed by atoms with Gasteiger partial charge in [-0.2, -0.15) is 0 Å². The van der Waals surface area contributed by atoms with Crippen LogP contribution in [0.2, 0.25) is 0 Å². The molecular weight excluding hydrogens is 260 g/mol. The van der Waals surface area contributed by atoms with Crippen LogP contribution in [0.1, 0.15) is 64.9 Å². The van der Waals surface area contributed by atoms with E-state index in [2.05, 4.69) is 47.9 Å². The minimum atomic E-state index is 0.416. The van der Waals surface area contributed by atoms with E-state index in [0.717, 1.165) is 18.2 Å². The van der Waals surface area contributed by atoms with E-state index in [1.165, 1.54) is 31.2 Å². The second-order valence-corrected chi connectivity index (χ2v) is 6.85. The Labute approximate surface area is 129 Å². The Morgan fingerprint density at radius 2 is 1.86 bits per heavy atom. The van der Waals surface area contributed by atoms with E-state index in [0.29, 0.717) is 17.9 Å². The number of rotatable bonds is 6. The van der Waals surface area contributed by atoms with Gasteiger partial charge in [0.2, 0.25) is 0 Å². The standard InChI is InChI=1S/C17H30N4/c1-12(2)10-21(14-8-6-7-9-14)17-15(13(3)4)16(18-5)19-11-20-17/h11-14H,6-10H2,1-5H3,(H,18,19,20). The molecule has 0 atom stereocenters. The van der Waals surface area contributed by atoms with Crippen molar-refractivity contribution in [3.63, 3.8) is 0 Å². The molecule has 1 aromatic heterocycles. The van der Waals surface area contributed by atoms with Gasteiger partial charge in [-0.25, -0.2) is 9.97 Å². The molecule has 0 spiro atoms. The minimum absolute atomic E-state index is 0.416. The Morgan fingerprint density at radius 3 is 2.38 bits per heavy atom. The zero-order valence-electron chi connectivity index (χ0n) is 14.2. The third kappa shape index (κ3) is 3.66. The average Bonchev–Trinajstić information content (AvgIpc) is 2.97. The number of anilines is 2. The lowest BCUT2D eigenvalue weighted by atomic mass is 10.0. The Kier molecular flexibility index (Phi) is 5.43. The molecule has 0 bridgehead atoms. The second-order valence-electron chi connectivity index (χ2n) is 6.85. The molecule has 0 amide bonds. The van der Waals surface area contributed by atoms with Crippen molar-refractivity contribution in [2.45, 2.75) is 65.3 Å². The van der Waals surface area contributed by atoms with Gasteiger partial charge in [-0.1, -0.05) is 40.5 Å². The van der Waals surface area contributed by atoms with E-state index in [1.807, 2.05) is 7.05 Å². The van der Waals surface area contributed by atoms with Crippen molar-refractivity contribution in [2.75, 3.05) is 23.8 Å². The lowest BCUT2D eigenvalue weighted by Crippen LogP contribution is -2.38. The molecule has 2 rings (SSSR count). The molecule has 1 aliphatic carbocycles. The van der Waals surface area contributed by atoms with E-state index < -0.39 is 0 Å². The van der Waals surface area contributed by atoms with Gasteiger partial charge in [0.1, 0.15) is 18.0 Å². The Hall–Kier alpha value is -1.32. The van der Waals surface area contributed by atoms with E-state index >= 15 is 0 Å². The highest BCUT2D eigenvalue weighted by atomic mass is 15.2. The van der Waals surface area contributed by atoms with E-state index in [9.17, 15) is 0 Å². The fourth-order valence-corrected chi connectivity index (χ4v) is 3.36. The Balaban J connectivity index is 2.42. The molecule has 1 saturated carbocycles. The van der Waals surface area contributed by atoms with Crippen molar-refractivity contribution in [1.82, 2.24) is 9.97 Å². The normalized spacial score (nSPS) is 16.0. The monoisotopic (exact) mass is 290 g/mol. The third-order valence-corrected chi connectivity index (χ3v) is 4.28. The molecule has 0 aromatic carbocycles. The highest BCUT2D eigenvalue weighted by Gasteiger charge is 2.28. The number of hydrogen-bond donors (Lipinski definition) is 1. The molecular formula is C17H30N4. The lowest BCUT2D eigenvalue weighted by Gasteiger charge is -2.34. The Morgan fingerprint density at radius 1 is 1.19 bits per heavy atom. The molecule has 0 radical (unpaired) electrons.